The molecular formula is C17H22Cl2N2O. The van der Waals surface area contributed by atoms with Gasteiger partial charge >= 0.3 is 0 Å². The highest BCUT2D eigenvalue weighted by Gasteiger charge is 2.57. The monoisotopic (exact) mass is 340 g/mol. The van der Waals surface area contributed by atoms with Crippen LogP contribution in [0.4, 0.5) is 0 Å². The van der Waals surface area contributed by atoms with Crippen LogP contribution in [-0.4, -0.2) is 46.7 Å². The highest BCUT2D eigenvalue weighted by atomic mass is 35.5. The van der Waals surface area contributed by atoms with Crippen LogP contribution in [0.2, 0.25) is 0 Å². The van der Waals surface area contributed by atoms with Crippen molar-refractivity contribution in [2.45, 2.75) is 23.7 Å². The van der Waals surface area contributed by atoms with Crippen LogP contribution in [-0.2, 0) is 11.3 Å². The molecule has 1 aromatic carbocycles. The van der Waals surface area contributed by atoms with E-state index in [0.29, 0.717) is 12.3 Å². The average molecular weight is 341 g/mol. The van der Waals surface area contributed by atoms with Gasteiger partial charge < -0.3 is 4.90 Å². The first-order valence-electron chi connectivity index (χ1n) is 7.85. The summed E-state index contributed by atoms with van der Waals surface area (Å²) in [7, 11) is 1.87. The number of nitrogens with zero attached hydrogens (tertiary/aromatic N) is 2. The fourth-order valence-corrected chi connectivity index (χ4v) is 3.77. The number of halogens is 2. The summed E-state index contributed by atoms with van der Waals surface area (Å²) in [5.74, 6) is 0.422. The van der Waals surface area contributed by atoms with Crippen molar-refractivity contribution < 1.29 is 4.79 Å². The molecule has 3 nitrogen and oxygen atoms in total. The Morgan fingerprint density at radius 3 is 2.68 bits per heavy atom. The van der Waals surface area contributed by atoms with E-state index in [-0.39, 0.29) is 11.8 Å². The van der Waals surface area contributed by atoms with E-state index in [2.05, 4.69) is 29.2 Å². The van der Waals surface area contributed by atoms with Gasteiger partial charge in [0.1, 0.15) is 4.33 Å². The van der Waals surface area contributed by atoms with Crippen LogP contribution in [0, 0.1) is 11.8 Å². The Kier molecular flexibility index (Phi) is 4.67. The molecule has 1 saturated heterocycles. The topological polar surface area (TPSA) is 23.6 Å². The Morgan fingerprint density at radius 2 is 2.05 bits per heavy atom. The van der Waals surface area contributed by atoms with Crippen LogP contribution in [0.25, 0.3) is 0 Å². The zero-order valence-corrected chi connectivity index (χ0v) is 14.4. The van der Waals surface area contributed by atoms with E-state index in [9.17, 15) is 4.79 Å². The number of alkyl halides is 2. The minimum absolute atomic E-state index is 0.0894. The van der Waals surface area contributed by atoms with Gasteiger partial charge in [-0.15, -0.1) is 23.2 Å². The van der Waals surface area contributed by atoms with Crippen molar-refractivity contribution in [1.82, 2.24) is 9.80 Å². The molecule has 5 heteroatoms. The Hall–Kier alpha value is -0.770. The van der Waals surface area contributed by atoms with Crippen molar-refractivity contribution in [2.24, 2.45) is 11.8 Å². The summed E-state index contributed by atoms with van der Waals surface area (Å²) < 4.78 is -0.819. The summed E-state index contributed by atoms with van der Waals surface area (Å²) in [6.07, 6.45) is 1.73. The van der Waals surface area contributed by atoms with Gasteiger partial charge in [0.15, 0.2) is 0 Å². The standard InChI is InChI=1S/C17H22Cl2N2O/c1-20(16(22)15-9-17(15,18)19)10-14-7-8-21(12-14)11-13-5-3-2-4-6-13/h2-6,14-15H,7-12H2,1H3/t14-,15-/m1/s1. The number of carbonyl (C=O) groups excluding carboxylic acids is 1. The molecule has 1 saturated carbocycles. The molecule has 1 aromatic rings. The molecule has 22 heavy (non-hydrogen) atoms. The molecule has 2 aliphatic rings. The lowest BCUT2D eigenvalue weighted by Crippen LogP contribution is -2.35. The van der Waals surface area contributed by atoms with E-state index in [4.69, 9.17) is 23.2 Å². The fourth-order valence-electron chi connectivity index (χ4n) is 3.27. The lowest BCUT2D eigenvalue weighted by molar-refractivity contribution is -0.131. The summed E-state index contributed by atoms with van der Waals surface area (Å²) in [5, 5.41) is 0. The number of benzene rings is 1. The second kappa shape index (κ2) is 6.38. The van der Waals surface area contributed by atoms with Crippen molar-refractivity contribution in [3.05, 3.63) is 35.9 Å². The van der Waals surface area contributed by atoms with Crippen LogP contribution in [0.5, 0.6) is 0 Å². The van der Waals surface area contributed by atoms with Crippen molar-refractivity contribution in [1.29, 1.82) is 0 Å². The van der Waals surface area contributed by atoms with Crippen molar-refractivity contribution in [3.8, 4) is 0 Å². The average Bonchev–Trinajstić information content (AvgIpc) is 2.91. The van der Waals surface area contributed by atoms with E-state index >= 15 is 0 Å². The molecule has 0 aromatic heterocycles. The molecule has 1 amide bonds. The maximum Gasteiger partial charge on any atom is 0.228 e. The highest BCUT2D eigenvalue weighted by Crippen LogP contribution is 2.53. The van der Waals surface area contributed by atoms with Gasteiger partial charge in [-0.1, -0.05) is 30.3 Å². The smallest absolute Gasteiger partial charge is 0.228 e. The number of rotatable bonds is 5. The van der Waals surface area contributed by atoms with Crippen LogP contribution in [0.1, 0.15) is 18.4 Å². The van der Waals surface area contributed by atoms with Gasteiger partial charge in [-0.3, -0.25) is 9.69 Å². The lowest BCUT2D eigenvalue weighted by Gasteiger charge is -2.22. The Morgan fingerprint density at radius 1 is 1.36 bits per heavy atom. The molecule has 0 N–H and O–H groups in total. The molecule has 1 heterocycles. The Balaban J connectivity index is 1.46. The summed E-state index contributed by atoms with van der Waals surface area (Å²) in [6.45, 7) is 3.93. The first-order chi connectivity index (χ1) is 10.5. The molecule has 3 rings (SSSR count). The molecule has 0 unspecified atom stereocenters. The number of hydrogen-bond donors (Lipinski definition) is 0. The minimum Gasteiger partial charge on any atom is -0.345 e. The molecule has 1 aliphatic heterocycles. The second-order valence-corrected chi connectivity index (χ2v) is 8.15. The number of likely N-dealkylation sites (tertiary alicyclic amines) is 1. The molecule has 1 aliphatic carbocycles. The second-order valence-electron chi connectivity index (χ2n) is 6.61. The number of amides is 1. The summed E-state index contributed by atoms with van der Waals surface area (Å²) in [5.41, 5.74) is 1.35. The van der Waals surface area contributed by atoms with Gasteiger partial charge in [-0.05, 0) is 30.9 Å². The van der Waals surface area contributed by atoms with Gasteiger partial charge in [0.05, 0.1) is 5.92 Å². The van der Waals surface area contributed by atoms with E-state index in [0.717, 1.165) is 32.6 Å². The third kappa shape index (κ3) is 3.76. The fraction of sp³-hybridized carbons (Fsp3) is 0.588. The molecule has 0 bridgehead atoms. The molecule has 0 spiro atoms. The largest absolute Gasteiger partial charge is 0.345 e. The van der Waals surface area contributed by atoms with Gasteiger partial charge in [-0.25, -0.2) is 0 Å². The molecule has 120 valence electrons. The molecule has 2 atom stereocenters. The first-order valence-corrected chi connectivity index (χ1v) is 8.60. The van der Waals surface area contributed by atoms with Crippen molar-refractivity contribution in [2.75, 3.05) is 26.7 Å². The Labute approximate surface area is 142 Å². The first kappa shape index (κ1) is 16.1. The number of carbonyl (C=O) groups is 1. The quantitative estimate of drug-likeness (QED) is 0.768. The summed E-state index contributed by atoms with van der Waals surface area (Å²) in [6, 6.07) is 10.5. The van der Waals surface area contributed by atoms with Gasteiger partial charge in [-0.2, -0.15) is 0 Å². The van der Waals surface area contributed by atoms with E-state index in [1.807, 2.05) is 18.0 Å². The maximum absolute atomic E-state index is 12.2. The molecular weight excluding hydrogens is 319 g/mol. The third-order valence-corrected chi connectivity index (χ3v) is 5.49. The summed E-state index contributed by atoms with van der Waals surface area (Å²) in [4.78, 5) is 16.5. The van der Waals surface area contributed by atoms with Crippen LogP contribution >= 0.6 is 23.2 Å². The number of hydrogen-bond acceptors (Lipinski definition) is 2. The summed E-state index contributed by atoms with van der Waals surface area (Å²) >= 11 is 12.0. The SMILES string of the molecule is CN(C[C@H]1CCN(Cc2ccccc2)C1)C(=O)[C@H]1CC1(Cl)Cl. The normalized spacial score (nSPS) is 26.9. The Bertz CT molecular complexity index is 535. The third-order valence-electron chi connectivity index (χ3n) is 4.65. The van der Waals surface area contributed by atoms with Crippen molar-refractivity contribution in [3.63, 3.8) is 0 Å². The van der Waals surface area contributed by atoms with Gasteiger partial charge in [0.2, 0.25) is 5.91 Å². The van der Waals surface area contributed by atoms with Gasteiger partial charge in [0.25, 0.3) is 0 Å². The predicted molar refractivity (Wildman–Crippen MR) is 90.0 cm³/mol. The van der Waals surface area contributed by atoms with E-state index < -0.39 is 4.33 Å². The van der Waals surface area contributed by atoms with E-state index in [1.54, 1.807) is 0 Å². The van der Waals surface area contributed by atoms with Gasteiger partial charge in [0, 0.05) is 26.7 Å². The lowest BCUT2D eigenvalue weighted by atomic mass is 10.1. The highest BCUT2D eigenvalue weighted by molar-refractivity contribution is 6.52. The van der Waals surface area contributed by atoms with Crippen LogP contribution in [0.3, 0.4) is 0 Å². The molecule has 2 fully saturated rings. The predicted octanol–water partition coefficient (Wildman–Crippen LogP) is 3.16. The maximum atomic E-state index is 12.2. The van der Waals surface area contributed by atoms with E-state index in [1.165, 1.54) is 5.56 Å². The zero-order chi connectivity index (χ0) is 15.7. The van der Waals surface area contributed by atoms with Crippen LogP contribution < -0.4 is 0 Å². The molecule has 0 radical (unpaired) electrons. The minimum atomic E-state index is -0.819. The zero-order valence-electron chi connectivity index (χ0n) is 12.8. The van der Waals surface area contributed by atoms with Crippen molar-refractivity contribution >= 4 is 29.1 Å². The van der Waals surface area contributed by atoms with Crippen LogP contribution in [0.15, 0.2) is 30.3 Å².